The Morgan fingerprint density at radius 3 is 2.91 bits per heavy atom. The molecular weight excluding hydrogens is 223 g/mol. The number of rotatable bonds is 2. The third kappa shape index (κ3) is 3.08. The van der Waals surface area contributed by atoms with Gasteiger partial charge in [0.1, 0.15) is 0 Å². The molecule has 1 rings (SSSR count). The van der Waals surface area contributed by atoms with Crippen molar-refractivity contribution in [2.24, 2.45) is 0 Å². The molecule has 0 atom stereocenters. The van der Waals surface area contributed by atoms with Crippen LogP contribution in [0.1, 0.15) is 5.56 Å². The molecule has 0 saturated carbocycles. The molecule has 0 unspecified atom stereocenters. The van der Waals surface area contributed by atoms with Crippen LogP contribution in [-0.4, -0.2) is 5.88 Å². The van der Waals surface area contributed by atoms with Crippen molar-refractivity contribution in [1.82, 2.24) is 0 Å². The molecule has 0 heterocycles. The van der Waals surface area contributed by atoms with Gasteiger partial charge in [0.15, 0.2) is 0 Å². The predicted molar refractivity (Wildman–Crippen MR) is 53.9 cm³/mol. The Bertz CT molecular complexity index is 255. The van der Waals surface area contributed by atoms with Gasteiger partial charge in [-0.3, -0.25) is 0 Å². The molecule has 0 saturated heterocycles. The molecule has 0 nitrogen and oxygen atoms in total. The molecule has 0 amide bonds. The first-order valence-electron chi connectivity index (χ1n) is 3.31. The van der Waals surface area contributed by atoms with Crippen molar-refractivity contribution in [1.29, 1.82) is 0 Å². The van der Waals surface area contributed by atoms with E-state index in [-0.39, 0.29) is 0 Å². The third-order valence-electron chi connectivity index (χ3n) is 1.25. The second-order valence-corrected chi connectivity index (χ2v) is 3.34. The summed E-state index contributed by atoms with van der Waals surface area (Å²) in [5.41, 5.74) is 1.17. The number of halogens is 2. The smallest absolute Gasteiger partial charge is 0.0407 e. The monoisotopic (exact) mass is 230 g/mol. The minimum atomic E-state index is 0.562. The van der Waals surface area contributed by atoms with Crippen LogP contribution in [0.25, 0.3) is 6.08 Å². The molecule has 2 heteroatoms. The maximum Gasteiger partial charge on any atom is 0.0407 e. The van der Waals surface area contributed by atoms with Crippen molar-refractivity contribution >= 4 is 33.6 Å². The standard InChI is InChI=1S/C9H8BrCl/c10-9-5-1-3-8(7-9)4-2-6-11/h1-5,7H,6H2/b4-2+. The van der Waals surface area contributed by atoms with Crippen LogP contribution in [-0.2, 0) is 0 Å². The van der Waals surface area contributed by atoms with Gasteiger partial charge in [-0.05, 0) is 17.7 Å². The molecule has 0 spiro atoms. The van der Waals surface area contributed by atoms with Crippen LogP contribution >= 0.6 is 27.5 Å². The lowest BCUT2D eigenvalue weighted by atomic mass is 10.2. The second kappa shape index (κ2) is 4.58. The van der Waals surface area contributed by atoms with Crippen LogP contribution in [0.2, 0.25) is 0 Å². The molecule has 0 aliphatic carbocycles. The van der Waals surface area contributed by atoms with E-state index in [1.165, 1.54) is 5.56 Å². The maximum atomic E-state index is 5.49. The first kappa shape index (κ1) is 8.82. The van der Waals surface area contributed by atoms with E-state index in [9.17, 15) is 0 Å². The lowest BCUT2D eigenvalue weighted by molar-refractivity contribution is 1.60. The molecule has 58 valence electrons. The highest BCUT2D eigenvalue weighted by Crippen LogP contribution is 2.12. The quantitative estimate of drug-likeness (QED) is 0.681. The van der Waals surface area contributed by atoms with Crippen molar-refractivity contribution < 1.29 is 0 Å². The first-order chi connectivity index (χ1) is 5.33. The summed E-state index contributed by atoms with van der Waals surface area (Å²) < 4.78 is 1.09. The van der Waals surface area contributed by atoms with Crippen LogP contribution in [0.5, 0.6) is 0 Å². The predicted octanol–water partition coefficient (Wildman–Crippen LogP) is 3.70. The molecule has 0 aliphatic heterocycles. The SMILES string of the molecule is ClC/C=C/c1cccc(Br)c1. The number of hydrogen-bond acceptors (Lipinski definition) is 0. The average Bonchev–Trinajstić information content (AvgIpc) is 2.01. The largest absolute Gasteiger partial charge is 0.122 e. The molecule has 1 aromatic rings. The van der Waals surface area contributed by atoms with Gasteiger partial charge < -0.3 is 0 Å². The number of benzene rings is 1. The summed E-state index contributed by atoms with van der Waals surface area (Å²) in [6, 6.07) is 8.08. The van der Waals surface area contributed by atoms with Crippen LogP contribution in [0, 0.1) is 0 Å². The highest BCUT2D eigenvalue weighted by molar-refractivity contribution is 9.10. The zero-order valence-electron chi connectivity index (χ0n) is 5.93. The van der Waals surface area contributed by atoms with Crippen molar-refractivity contribution in [2.75, 3.05) is 5.88 Å². The van der Waals surface area contributed by atoms with Gasteiger partial charge in [0.2, 0.25) is 0 Å². The minimum Gasteiger partial charge on any atom is -0.122 e. The van der Waals surface area contributed by atoms with Gasteiger partial charge in [-0.15, -0.1) is 11.6 Å². The Labute approximate surface area is 80.0 Å². The van der Waals surface area contributed by atoms with Gasteiger partial charge in [-0.1, -0.05) is 40.2 Å². The van der Waals surface area contributed by atoms with E-state index >= 15 is 0 Å². The fourth-order valence-electron chi connectivity index (χ4n) is 0.791. The summed E-state index contributed by atoms with van der Waals surface area (Å²) in [4.78, 5) is 0. The van der Waals surface area contributed by atoms with E-state index in [2.05, 4.69) is 15.9 Å². The highest BCUT2D eigenvalue weighted by Gasteiger charge is 1.86. The Balaban J connectivity index is 2.79. The second-order valence-electron chi connectivity index (χ2n) is 2.11. The molecule has 0 N–H and O–H groups in total. The number of alkyl halides is 1. The summed E-state index contributed by atoms with van der Waals surface area (Å²) >= 11 is 8.88. The van der Waals surface area contributed by atoms with Crippen molar-refractivity contribution in [3.63, 3.8) is 0 Å². The van der Waals surface area contributed by atoms with Crippen molar-refractivity contribution in [2.45, 2.75) is 0 Å². The van der Waals surface area contributed by atoms with Gasteiger partial charge in [-0.2, -0.15) is 0 Å². The summed E-state index contributed by atoms with van der Waals surface area (Å²) in [7, 11) is 0. The molecular formula is C9H8BrCl. The van der Waals surface area contributed by atoms with E-state index in [1.54, 1.807) is 0 Å². The number of hydrogen-bond donors (Lipinski definition) is 0. The molecule has 0 aliphatic rings. The van der Waals surface area contributed by atoms with Crippen LogP contribution in [0.15, 0.2) is 34.8 Å². The fraction of sp³-hybridized carbons (Fsp3) is 0.111. The van der Waals surface area contributed by atoms with Crippen LogP contribution in [0.4, 0.5) is 0 Å². The van der Waals surface area contributed by atoms with Crippen LogP contribution < -0.4 is 0 Å². The van der Waals surface area contributed by atoms with E-state index in [0.29, 0.717) is 5.88 Å². The molecule has 1 aromatic carbocycles. The van der Waals surface area contributed by atoms with E-state index in [4.69, 9.17) is 11.6 Å². The molecule has 0 fully saturated rings. The summed E-state index contributed by atoms with van der Waals surface area (Å²) in [5, 5.41) is 0. The van der Waals surface area contributed by atoms with Crippen LogP contribution in [0.3, 0.4) is 0 Å². The average molecular weight is 232 g/mol. The van der Waals surface area contributed by atoms with E-state index < -0.39 is 0 Å². The zero-order chi connectivity index (χ0) is 8.10. The summed E-state index contributed by atoms with van der Waals surface area (Å²) in [6.45, 7) is 0. The Hall–Kier alpha value is -0.270. The Kier molecular flexibility index (Phi) is 3.67. The molecule has 0 aromatic heterocycles. The minimum absolute atomic E-state index is 0.562. The van der Waals surface area contributed by atoms with E-state index in [0.717, 1.165) is 4.47 Å². The lowest BCUT2D eigenvalue weighted by Gasteiger charge is -1.92. The number of allylic oxidation sites excluding steroid dienone is 1. The van der Waals surface area contributed by atoms with Gasteiger partial charge in [0, 0.05) is 10.4 Å². The van der Waals surface area contributed by atoms with E-state index in [1.807, 2.05) is 36.4 Å². The molecule has 0 bridgehead atoms. The Morgan fingerprint density at radius 1 is 1.45 bits per heavy atom. The van der Waals surface area contributed by atoms with Crippen molar-refractivity contribution in [3.05, 3.63) is 40.4 Å². The first-order valence-corrected chi connectivity index (χ1v) is 4.64. The molecule has 11 heavy (non-hydrogen) atoms. The topological polar surface area (TPSA) is 0 Å². The van der Waals surface area contributed by atoms with Crippen molar-refractivity contribution in [3.8, 4) is 0 Å². The normalized spacial score (nSPS) is 10.7. The van der Waals surface area contributed by atoms with Gasteiger partial charge >= 0.3 is 0 Å². The molecule has 0 radical (unpaired) electrons. The summed E-state index contributed by atoms with van der Waals surface area (Å²) in [6.07, 6.45) is 3.92. The summed E-state index contributed by atoms with van der Waals surface area (Å²) in [5.74, 6) is 0.562. The van der Waals surface area contributed by atoms with Gasteiger partial charge in [-0.25, -0.2) is 0 Å². The maximum absolute atomic E-state index is 5.49. The Morgan fingerprint density at radius 2 is 2.27 bits per heavy atom. The van der Waals surface area contributed by atoms with Gasteiger partial charge in [0.25, 0.3) is 0 Å². The zero-order valence-corrected chi connectivity index (χ0v) is 8.27. The highest BCUT2D eigenvalue weighted by atomic mass is 79.9. The third-order valence-corrected chi connectivity index (χ3v) is 1.92. The fourth-order valence-corrected chi connectivity index (χ4v) is 1.30. The lowest BCUT2D eigenvalue weighted by Crippen LogP contribution is -1.70. The van der Waals surface area contributed by atoms with Gasteiger partial charge in [0.05, 0.1) is 0 Å².